The van der Waals surface area contributed by atoms with E-state index in [0.717, 1.165) is 16.7 Å². The molecule has 3 aromatic rings. The van der Waals surface area contributed by atoms with Crippen LogP contribution in [0.3, 0.4) is 0 Å². The molecule has 32 heavy (non-hydrogen) atoms. The van der Waals surface area contributed by atoms with Crippen molar-refractivity contribution < 1.29 is 23.5 Å². The summed E-state index contributed by atoms with van der Waals surface area (Å²) in [6, 6.07) is 10.0. The number of nitrogens with one attached hydrogen (secondary N) is 1. The molecule has 0 fully saturated rings. The number of carbonyl (C=O) groups is 2. The Labute approximate surface area is 186 Å². The summed E-state index contributed by atoms with van der Waals surface area (Å²) < 4.78 is 16.2. The fourth-order valence-corrected chi connectivity index (χ4v) is 3.15. The summed E-state index contributed by atoms with van der Waals surface area (Å²) >= 11 is 0. The van der Waals surface area contributed by atoms with Crippen LogP contribution in [0.15, 0.2) is 45.6 Å². The number of amides is 1. The third-order valence-corrected chi connectivity index (χ3v) is 4.96. The number of fused-ring (bicyclic) bond motifs is 1. The molecule has 0 spiro atoms. The van der Waals surface area contributed by atoms with Gasteiger partial charge in [-0.15, -0.1) is 0 Å². The van der Waals surface area contributed by atoms with Gasteiger partial charge in [-0.3, -0.25) is 4.79 Å². The molecule has 0 unspecified atom stereocenters. The Kier molecular flexibility index (Phi) is 6.98. The van der Waals surface area contributed by atoms with E-state index in [1.54, 1.807) is 12.1 Å². The standard InChI is InChI=1S/C25H27NO6/c1-14(2)12-26-24(28)20-10-18-6-7-19(11-22(18)32-25(20)29)31-23(27)13-30-21-9-15(3)8-16(4)17(21)5/h6-11,14H,12-13H2,1-5H3,(H,26,28). The second-order valence-corrected chi connectivity index (χ2v) is 8.22. The molecular formula is C25H27NO6. The monoisotopic (exact) mass is 437 g/mol. The van der Waals surface area contributed by atoms with E-state index < -0.39 is 17.5 Å². The van der Waals surface area contributed by atoms with E-state index in [4.69, 9.17) is 13.9 Å². The number of hydrogen-bond acceptors (Lipinski definition) is 6. The van der Waals surface area contributed by atoms with Crippen molar-refractivity contribution in [2.45, 2.75) is 34.6 Å². The highest BCUT2D eigenvalue weighted by Crippen LogP contribution is 2.24. The number of aryl methyl sites for hydroxylation is 2. The summed E-state index contributed by atoms with van der Waals surface area (Å²) in [4.78, 5) is 36.7. The van der Waals surface area contributed by atoms with Gasteiger partial charge in [0.05, 0.1) is 0 Å². The van der Waals surface area contributed by atoms with Crippen molar-refractivity contribution in [1.29, 1.82) is 0 Å². The molecule has 2 aromatic carbocycles. The molecule has 7 heteroatoms. The second-order valence-electron chi connectivity index (χ2n) is 8.22. The lowest BCUT2D eigenvalue weighted by molar-refractivity contribution is -0.136. The fraction of sp³-hybridized carbons (Fsp3) is 0.320. The van der Waals surface area contributed by atoms with Crippen LogP contribution >= 0.6 is 0 Å². The molecule has 0 saturated carbocycles. The third-order valence-electron chi connectivity index (χ3n) is 4.96. The highest BCUT2D eigenvalue weighted by atomic mass is 16.6. The first-order valence-corrected chi connectivity index (χ1v) is 10.4. The molecule has 0 bridgehead atoms. The summed E-state index contributed by atoms with van der Waals surface area (Å²) in [6.45, 7) is 9.98. The zero-order chi connectivity index (χ0) is 23.4. The van der Waals surface area contributed by atoms with Crippen LogP contribution in [-0.2, 0) is 4.79 Å². The number of ether oxygens (including phenoxy) is 2. The Morgan fingerprint density at radius 2 is 1.81 bits per heavy atom. The van der Waals surface area contributed by atoms with Gasteiger partial charge in [-0.1, -0.05) is 19.9 Å². The minimum atomic E-state index is -0.754. The fourth-order valence-electron chi connectivity index (χ4n) is 3.15. The van der Waals surface area contributed by atoms with Gasteiger partial charge in [0, 0.05) is 18.0 Å². The van der Waals surface area contributed by atoms with E-state index in [0.29, 0.717) is 17.7 Å². The van der Waals surface area contributed by atoms with Crippen molar-refractivity contribution in [3.05, 3.63) is 69.1 Å². The van der Waals surface area contributed by atoms with Crippen molar-refractivity contribution >= 4 is 22.8 Å². The molecule has 1 heterocycles. The smallest absolute Gasteiger partial charge is 0.349 e. The van der Waals surface area contributed by atoms with Gasteiger partial charge in [0.25, 0.3) is 5.91 Å². The van der Waals surface area contributed by atoms with E-state index in [9.17, 15) is 14.4 Å². The van der Waals surface area contributed by atoms with Crippen molar-refractivity contribution in [3.63, 3.8) is 0 Å². The predicted octanol–water partition coefficient (Wildman–Crippen LogP) is 4.09. The van der Waals surface area contributed by atoms with E-state index in [1.807, 2.05) is 46.8 Å². The summed E-state index contributed by atoms with van der Waals surface area (Å²) in [6.07, 6.45) is 0. The SMILES string of the molecule is Cc1cc(C)c(C)c(OCC(=O)Oc2ccc3cc(C(=O)NCC(C)C)c(=O)oc3c2)c1. The van der Waals surface area contributed by atoms with Gasteiger partial charge in [-0.2, -0.15) is 0 Å². The Bertz CT molecular complexity index is 1230. The number of rotatable bonds is 7. The van der Waals surface area contributed by atoms with Gasteiger partial charge in [-0.05, 0) is 67.6 Å². The summed E-state index contributed by atoms with van der Waals surface area (Å²) in [5.74, 6) is 0.0285. The minimum Gasteiger partial charge on any atom is -0.482 e. The molecule has 0 aliphatic carbocycles. The molecule has 0 atom stereocenters. The molecule has 0 aliphatic rings. The first-order chi connectivity index (χ1) is 15.1. The largest absolute Gasteiger partial charge is 0.482 e. The van der Waals surface area contributed by atoms with Crippen LogP contribution in [0.25, 0.3) is 11.0 Å². The summed E-state index contributed by atoms with van der Waals surface area (Å²) in [7, 11) is 0. The van der Waals surface area contributed by atoms with E-state index in [-0.39, 0.29) is 29.4 Å². The number of esters is 1. The predicted molar refractivity (Wildman–Crippen MR) is 121 cm³/mol. The molecule has 0 aliphatic heterocycles. The molecule has 3 rings (SSSR count). The molecule has 7 nitrogen and oxygen atoms in total. The van der Waals surface area contributed by atoms with Crippen molar-refractivity contribution in [3.8, 4) is 11.5 Å². The molecule has 168 valence electrons. The van der Waals surface area contributed by atoms with Crippen molar-refractivity contribution in [1.82, 2.24) is 5.32 Å². The normalized spacial score (nSPS) is 10.9. The first kappa shape index (κ1) is 23.1. The molecule has 1 amide bonds. The van der Waals surface area contributed by atoms with Crippen LogP contribution in [0.5, 0.6) is 11.5 Å². The Morgan fingerprint density at radius 3 is 2.53 bits per heavy atom. The maximum atomic E-state index is 12.2. The lowest BCUT2D eigenvalue weighted by Crippen LogP contribution is -2.31. The Morgan fingerprint density at radius 1 is 1.06 bits per heavy atom. The quantitative estimate of drug-likeness (QED) is 0.340. The topological polar surface area (TPSA) is 94.8 Å². The molecule has 1 aromatic heterocycles. The van der Waals surface area contributed by atoms with Crippen LogP contribution in [0, 0.1) is 26.7 Å². The summed E-state index contributed by atoms with van der Waals surface area (Å²) in [5, 5.41) is 3.24. The maximum absolute atomic E-state index is 12.2. The van der Waals surface area contributed by atoms with Crippen LogP contribution in [0.2, 0.25) is 0 Å². The minimum absolute atomic E-state index is 0.0693. The number of hydrogen-bond donors (Lipinski definition) is 1. The summed E-state index contributed by atoms with van der Waals surface area (Å²) in [5.41, 5.74) is 2.47. The lowest BCUT2D eigenvalue weighted by Gasteiger charge is -2.12. The zero-order valence-corrected chi connectivity index (χ0v) is 18.9. The van der Waals surface area contributed by atoms with Gasteiger partial charge < -0.3 is 19.2 Å². The van der Waals surface area contributed by atoms with Gasteiger partial charge in [0.1, 0.15) is 22.6 Å². The first-order valence-electron chi connectivity index (χ1n) is 10.4. The molecule has 0 radical (unpaired) electrons. The Balaban J connectivity index is 1.70. The van der Waals surface area contributed by atoms with Crippen molar-refractivity contribution in [2.75, 3.05) is 13.2 Å². The molecular weight excluding hydrogens is 410 g/mol. The highest BCUT2D eigenvalue weighted by molar-refractivity contribution is 5.96. The van der Waals surface area contributed by atoms with Gasteiger partial charge in [0.2, 0.25) is 0 Å². The molecule has 1 N–H and O–H groups in total. The van der Waals surface area contributed by atoms with E-state index in [2.05, 4.69) is 5.32 Å². The highest BCUT2D eigenvalue weighted by Gasteiger charge is 2.15. The van der Waals surface area contributed by atoms with Crippen LogP contribution < -0.4 is 20.4 Å². The van der Waals surface area contributed by atoms with Gasteiger partial charge in [0.15, 0.2) is 6.61 Å². The van der Waals surface area contributed by atoms with E-state index in [1.165, 1.54) is 12.1 Å². The average Bonchev–Trinajstić information content (AvgIpc) is 2.73. The van der Waals surface area contributed by atoms with Gasteiger partial charge in [-0.25, -0.2) is 9.59 Å². The van der Waals surface area contributed by atoms with E-state index >= 15 is 0 Å². The lowest BCUT2D eigenvalue weighted by atomic mass is 10.1. The van der Waals surface area contributed by atoms with Gasteiger partial charge >= 0.3 is 11.6 Å². The third kappa shape index (κ3) is 5.55. The van der Waals surface area contributed by atoms with Crippen LogP contribution in [0.1, 0.15) is 40.9 Å². The van der Waals surface area contributed by atoms with Crippen LogP contribution in [-0.4, -0.2) is 25.0 Å². The maximum Gasteiger partial charge on any atom is 0.349 e. The average molecular weight is 437 g/mol. The Hall–Kier alpha value is -3.61. The number of benzene rings is 2. The zero-order valence-electron chi connectivity index (χ0n) is 18.9. The van der Waals surface area contributed by atoms with Crippen molar-refractivity contribution in [2.24, 2.45) is 5.92 Å². The second kappa shape index (κ2) is 9.68. The number of carbonyl (C=O) groups excluding carboxylic acids is 2. The molecule has 0 saturated heterocycles. The van der Waals surface area contributed by atoms with Crippen LogP contribution in [0.4, 0.5) is 0 Å².